The van der Waals surface area contributed by atoms with Crippen molar-refractivity contribution in [3.05, 3.63) is 16.1 Å². The molecule has 0 bridgehead atoms. The van der Waals surface area contributed by atoms with Crippen molar-refractivity contribution in [2.75, 3.05) is 33.4 Å². The Morgan fingerprint density at radius 3 is 2.81 bits per heavy atom. The summed E-state index contributed by atoms with van der Waals surface area (Å²) in [7, 11) is 1.75. The molecule has 1 atom stereocenters. The fourth-order valence-corrected chi connectivity index (χ4v) is 4.88. The van der Waals surface area contributed by atoms with Gasteiger partial charge in [0.15, 0.2) is 0 Å². The number of piperidine rings is 1. The summed E-state index contributed by atoms with van der Waals surface area (Å²) in [5.74, 6) is 0.178. The number of aromatic nitrogens is 1. The molecular weight excluding hydrogens is 350 g/mol. The minimum Gasteiger partial charge on any atom is -0.383 e. The molecule has 26 heavy (non-hydrogen) atoms. The molecule has 2 saturated heterocycles. The lowest BCUT2D eigenvalue weighted by molar-refractivity contribution is -0.139. The standard InChI is InChI=1S/C19H31N3O3S/c1-14(2)18(23)21-9-6-19(24,7-10-21)16-13-26-17(20-16)11-22-8-4-5-15(22)12-25-3/h13-15,24H,4-12H2,1-3H3/t15-/m1/s1. The number of carbonyl (C=O) groups is 1. The molecule has 7 heteroatoms. The number of rotatable bonds is 6. The molecule has 0 radical (unpaired) electrons. The summed E-state index contributed by atoms with van der Waals surface area (Å²) in [6.07, 6.45) is 3.50. The fourth-order valence-electron chi connectivity index (χ4n) is 3.97. The normalized spacial score (nSPS) is 23.7. The van der Waals surface area contributed by atoms with Crippen molar-refractivity contribution < 1.29 is 14.6 Å². The van der Waals surface area contributed by atoms with Crippen LogP contribution in [0.2, 0.25) is 0 Å². The minimum atomic E-state index is -0.903. The van der Waals surface area contributed by atoms with Gasteiger partial charge in [-0.3, -0.25) is 9.69 Å². The maximum Gasteiger partial charge on any atom is 0.225 e. The third-order valence-corrected chi connectivity index (χ3v) is 6.45. The van der Waals surface area contributed by atoms with Gasteiger partial charge >= 0.3 is 0 Å². The summed E-state index contributed by atoms with van der Waals surface area (Å²) in [4.78, 5) is 21.2. The number of aliphatic hydroxyl groups is 1. The number of amides is 1. The summed E-state index contributed by atoms with van der Waals surface area (Å²) < 4.78 is 5.33. The summed E-state index contributed by atoms with van der Waals surface area (Å²) in [5.41, 5.74) is -0.129. The van der Waals surface area contributed by atoms with Gasteiger partial charge < -0.3 is 14.7 Å². The van der Waals surface area contributed by atoms with Crippen molar-refractivity contribution in [3.8, 4) is 0 Å². The third kappa shape index (κ3) is 4.27. The molecule has 1 aromatic rings. The molecule has 146 valence electrons. The highest BCUT2D eigenvalue weighted by Gasteiger charge is 2.38. The molecule has 0 aromatic carbocycles. The number of nitrogens with zero attached hydrogens (tertiary/aromatic N) is 3. The quantitative estimate of drug-likeness (QED) is 0.818. The Kier molecular flexibility index (Phi) is 6.33. The van der Waals surface area contributed by atoms with Gasteiger partial charge in [-0.15, -0.1) is 11.3 Å². The first-order valence-electron chi connectivity index (χ1n) is 9.62. The summed E-state index contributed by atoms with van der Waals surface area (Å²) in [5, 5.41) is 14.1. The first-order valence-corrected chi connectivity index (χ1v) is 10.5. The zero-order valence-corrected chi connectivity index (χ0v) is 16.9. The number of likely N-dealkylation sites (tertiary alicyclic amines) is 2. The molecular formula is C19H31N3O3S. The molecule has 0 saturated carbocycles. The van der Waals surface area contributed by atoms with Crippen LogP contribution < -0.4 is 0 Å². The smallest absolute Gasteiger partial charge is 0.225 e. The molecule has 1 aromatic heterocycles. The number of carbonyl (C=O) groups excluding carboxylic acids is 1. The van der Waals surface area contributed by atoms with Gasteiger partial charge in [-0.2, -0.15) is 0 Å². The van der Waals surface area contributed by atoms with Crippen LogP contribution in [0.4, 0.5) is 0 Å². The predicted octanol–water partition coefficient (Wildman–Crippen LogP) is 2.22. The van der Waals surface area contributed by atoms with E-state index in [1.54, 1.807) is 18.4 Å². The first-order chi connectivity index (χ1) is 12.4. The van der Waals surface area contributed by atoms with Crippen LogP contribution in [-0.2, 0) is 21.7 Å². The third-order valence-electron chi connectivity index (χ3n) is 5.62. The highest BCUT2D eigenvalue weighted by Crippen LogP contribution is 2.34. The van der Waals surface area contributed by atoms with Crippen LogP contribution in [0.15, 0.2) is 5.38 Å². The largest absolute Gasteiger partial charge is 0.383 e. The topological polar surface area (TPSA) is 65.9 Å². The second-order valence-electron chi connectivity index (χ2n) is 7.86. The van der Waals surface area contributed by atoms with Gasteiger partial charge in [-0.25, -0.2) is 4.98 Å². The molecule has 0 spiro atoms. The van der Waals surface area contributed by atoms with E-state index >= 15 is 0 Å². The Bertz CT molecular complexity index is 611. The Labute approximate surface area is 160 Å². The molecule has 0 aliphatic carbocycles. The summed E-state index contributed by atoms with van der Waals surface area (Å²) in [6.45, 7) is 7.72. The van der Waals surface area contributed by atoms with E-state index in [0.717, 1.165) is 30.4 Å². The van der Waals surface area contributed by atoms with Gasteiger partial charge in [0, 0.05) is 37.5 Å². The van der Waals surface area contributed by atoms with Gasteiger partial charge in [0.2, 0.25) is 5.91 Å². The lowest BCUT2D eigenvalue weighted by Gasteiger charge is -2.38. The Hall–Kier alpha value is -1.02. The number of ether oxygens (including phenoxy) is 1. The maximum atomic E-state index is 12.1. The average molecular weight is 382 g/mol. The van der Waals surface area contributed by atoms with Crippen molar-refractivity contribution in [3.63, 3.8) is 0 Å². The van der Waals surface area contributed by atoms with E-state index in [-0.39, 0.29) is 11.8 Å². The monoisotopic (exact) mass is 381 g/mol. The van der Waals surface area contributed by atoms with Crippen LogP contribution in [0.1, 0.15) is 50.2 Å². The molecule has 3 rings (SSSR count). The van der Waals surface area contributed by atoms with Crippen molar-refractivity contribution in [2.45, 2.75) is 57.7 Å². The highest BCUT2D eigenvalue weighted by molar-refractivity contribution is 7.09. The lowest BCUT2D eigenvalue weighted by atomic mass is 9.88. The molecule has 1 N–H and O–H groups in total. The molecule has 1 amide bonds. The molecule has 2 fully saturated rings. The Morgan fingerprint density at radius 2 is 2.15 bits per heavy atom. The predicted molar refractivity (Wildman–Crippen MR) is 102 cm³/mol. The van der Waals surface area contributed by atoms with E-state index in [0.29, 0.717) is 32.0 Å². The Balaban J connectivity index is 1.60. The maximum absolute atomic E-state index is 12.1. The molecule has 3 heterocycles. The van der Waals surface area contributed by atoms with Crippen LogP contribution >= 0.6 is 11.3 Å². The van der Waals surface area contributed by atoms with Crippen LogP contribution in [-0.4, -0.2) is 65.2 Å². The first kappa shape index (κ1) is 19.7. The van der Waals surface area contributed by atoms with E-state index < -0.39 is 5.60 Å². The second kappa shape index (κ2) is 8.33. The molecule has 2 aliphatic heterocycles. The molecule has 0 unspecified atom stereocenters. The zero-order valence-electron chi connectivity index (χ0n) is 16.1. The van der Waals surface area contributed by atoms with Gasteiger partial charge in [0.25, 0.3) is 0 Å². The van der Waals surface area contributed by atoms with E-state index in [2.05, 4.69) is 4.90 Å². The van der Waals surface area contributed by atoms with Crippen LogP contribution in [0.25, 0.3) is 0 Å². The minimum absolute atomic E-state index is 0.00701. The van der Waals surface area contributed by atoms with Gasteiger partial charge in [0.1, 0.15) is 10.6 Å². The Morgan fingerprint density at radius 1 is 1.42 bits per heavy atom. The van der Waals surface area contributed by atoms with E-state index in [9.17, 15) is 9.90 Å². The number of methoxy groups -OCH3 is 1. The SMILES string of the molecule is COC[C@H]1CCCN1Cc1nc(C2(O)CCN(C(=O)C(C)C)CC2)cs1. The highest BCUT2D eigenvalue weighted by atomic mass is 32.1. The second-order valence-corrected chi connectivity index (χ2v) is 8.80. The van der Waals surface area contributed by atoms with Crippen LogP contribution in [0.5, 0.6) is 0 Å². The van der Waals surface area contributed by atoms with Crippen LogP contribution in [0, 0.1) is 5.92 Å². The van der Waals surface area contributed by atoms with Crippen molar-refractivity contribution in [2.24, 2.45) is 5.92 Å². The number of hydrogen-bond donors (Lipinski definition) is 1. The van der Waals surface area contributed by atoms with E-state index in [1.807, 2.05) is 24.1 Å². The van der Waals surface area contributed by atoms with Crippen LogP contribution in [0.3, 0.4) is 0 Å². The van der Waals surface area contributed by atoms with Crippen molar-refractivity contribution in [1.29, 1.82) is 0 Å². The number of thiazole rings is 1. The molecule has 6 nitrogen and oxygen atoms in total. The van der Waals surface area contributed by atoms with Gasteiger partial charge in [-0.05, 0) is 32.2 Å². The summed E-state index contributed by atoms with van der Waals surface area (Å²) >= 11 is 1.63. The van der Waals surface area contributed by atoms with Gasteiger partial charge in [-0.1, -0.05) is 13.8 Å². The molecule has 2 aliphatic rings. The zero-order chi connectivity index (χ0) is 18.7. The average Bonchev–Trinajstić information content (AvgIpc) is 3.26. The van der Waals surface area contributed by atoms with Gasteiger partial charge in [0.05, 0.1) is 18.8 Å². The van der Waals surface area contributed by atoms with Crippen molar-refractivity contribution in [1.82, 2.24) is 14.8 Å². The fraction of sp³-hybridized carbons (Fsp3) is 0.789. The summed E-state index contributed by atoms with van der Waals surface area (Å²) in [6, 6.07) is 0.473. The van der Waals surface area contributed by atoms with E-state index in [1.165, 1.54) is 12.8 Å². The number of hydrogen-bond acceptors (Lipinski definition) is 6. The van der Waals surface area contributed by atoms with Crippen molar-refractivity contribution >= 4 is 17.2 Å². The van der Waals surface area contributed by atoms with E-state index in [4.69, 9.17) is 9.72 Å². The lowest BCUT2D eigenvalue weighted by Crippen LogP contribution is -2.46.